The van der Waals surface area contributed by atoms with Gasteiger partial charge >= 0.3 is 0 Å². The van der Waals surface area contributed by atoms with Gasteiger partial charge in [0.25, 0.3) is 5.91 Å². The van der Waals surface area contributed by atoms with E-state index >= 15 is 0 Å². The average Bonchev–Trinajstić information content (AvgIpc) is 3.14. The van der Waals surface area contributed by atoms with Crippen molar-refractivity contribution in [2.75, 3.05) is 26.8 Å². The van der Waals surface area contributed by atoms with Crippen molar-refractivity contribution < 1.29 is 17.9 Å². The number of amides is 1. The van der Waals surface area contributed by atoms with E-state index in [1.54, 1.807) is 7.11 Å². The summed E-state index contributed by atoms with van der Waals surface area (Å²) in [7, 11) is -2.10. The molecule has 0 spiro atoms. The van der Waals surface area contributed by atoms with Crippen LogP contribution in [-0.2, 0) is 21.3 Å². The van der Waals surface area contributed by atoms with Gasteiger partial charge in [-0.2, -0.15) is 9.30 Å². The zero-order valence-corrected chi connectivity index (χ0v) is 21.3. The van der Waals surface area contributed by atoms with Crippen LogP contribution in [-0.4, -0.2) is 50.0 Å². The molecule has 0 radical (unpaired) electrons. The molecule has 2 aromatic carbocycles. The van der Waals surface area contributed by atoms with E-state index < -0.39 is 15.9 Å². The molecule has 0 saturated carbocycles. The summed E-state index contributed by atoms with van der Waals surface area (Å²) in [6.07, 6.45) is 3.04. The number of methoxy groups -OCH3 is 1. The maximum absolute atomic E-state index is 13.0. The van der Waals surface area contributed by atoms with E-state index in [1.807, 2.05) is 18.4 Å². The van der Waals surface area contributed by atoms with Gasteiger partial charge < -0.3 is 9.30 Å². The molecule has 0 atom stereocenters. The van der Waals surface area contributed by atoms with E-state index in [4.69, 9.17) is 4.74 Å². The number of fused-ring (bicyclic) bond motifs is 1. The number of nitrogens with zero attached hydrogens (tertiary/aromatic N) is 3. The second kappa shape index (κ2) is 11.1. The highest BCUT2D eigenvalue weighted by molar-refractivity contribution is 7.89. The van der Waals surface area contributed by atoms with Gasteiger partial charge in [-0.15, -0.1) is 13.2 Å². The van der Waals surface area contributed by atoms with Crippen LogP contribution < -0.4 is 4.80 Å². The third kappa shape index (κ3) is 5.44. The molecule has 0 N–H and O–H groups in total. The van der Waals surface area contributed by atoms with Crippen LogP contribution >= 0.6 is 11.3 Å². The number of hydrogen-bond acceptors (Lipinski definition) is 5. The predicted octanol–water partition coefficient (Wildman–Crippen LogP) is 4.07. The predicted molar refractivity (Wildman–Crippen MR) is 137 cm³/mol. The van der Waals surface area contributed by atoms with Crippen molar-refractivity contribution >= 4 is 37.5 Å². The van der Waals surface area contributed by atoms with Crippen LogP contribution in [0.1, 0.15) is 21.5 Å². The molecular formula is C25H29N3O4S2. The first-order chi connectivity index (χ1) is 16.2. The van der Waals surface area contributed by atoms with Gasteiger partial charge in [0.05, 0.1) is 21.7 Å². The van der Waals surface area contributed by atoms with Gasteiger partial charge in [-0.25, -0.2) is 8.42 Å². The number of thiazole rings is 1. The second-order valence-electron chi connectivity index (χ2n) is 7.80. The van der Waals surface area contributed by atoms with Crippen LogP contribution in [0.3, 0.4) is 0 Å². The molecule has 0 aliphatic carbocycles. The lowest BCUT2D eigenvalue weighted by molar-refractivity contribution is 0.0997. The Labute approximate surface area is 204 Å². The number of carbonyl (C=O) groups is 1. The minimum atomic E-state index is -3.74. The summed E-state index contributed by atoms with van der Waals surface area (Å²) in [5.74, 6) is -0.440. The van der Waals surface area contributed by atoms with Crippen LogP contribution in [0.15, 0.2) is 71.6 Å². The van der Waals surface area contributed by atoms with E-state index in [9.17, 15) is 13.2 Å². The summed E-state index contributed by atoms with van der Waals surface area (Å²) in [5, 5.41) is 0. The quantitative estimate of drug-likeness (QED) is 0.394. The third-order valence-electron chi connectivity index (χ3n) is 5.23. The second-order valence-corrected chi connectivity index (χ2v) is 10.7. The smallest absolute Gasteiger partial charge is 0.279 e. The van der Waals surface area contributed by atoms with Crippen molar-refractivity contribution in [1.29, 1.82) is 0 Å². The van der Waals surface area contributed by atoms with Crippen molar-refractivity contribution in [2.24, 2.45) is 4.99 Å². The van der Waals surface area contributed by atoms with Gasteiger partial charge in [0.1, 0.15) is 0 Å². The Morgan fingerprint density at radius 1 is 1.15 bits per heavy atom. The Morgan fingerprint density at radius 3 is 2.38 bits per heavy atom. The highest BCUT2D eigenvalue weighted by Crippen LogP contribution is 2.23. The first-order valence-electron chi connectivity index (χ1n) is 10.7. The van der Waals surface area contributed by atoms with Crippen molar-refractivity contribution in [2.45, 2.75) is 25.3 Å². The monoisotopic (exact) mass is 499 g/mol. The number of hydrogen-bond donors (Lipinski definition) is 0. The Hall–Kier alpha value is -2.85. The van der Waals surface area contributed by atoms with Crippen molar-refractivity contribution in [3.63, 3.8) is 0 Å². The van der Waals surface area contributed by atoms with E-state index in [0.29, 0.717) is 23.5 Å². The van der Waals surface area contributed by atoms with Gasteiger partial charge in [-0.05, 0) is 55.3 Å². The number of carbonyl (C=O) groups excluding carboxylic acids is 1. The summed E-state index contributed by atoms with van der Waals surface area (Å²) in [5.41, 5.74) is 3.59. The lowest BCUT2D eigenvalue weighted by Crippen LogP contribution is -2.31. The first-order valence-corrected chi connectivity index (χ1v) is 13.0. The van der Waals surface area contributed by atoms with Crippen molar-refractivity contribution in [1.82, 2.24) is 8.87 Å². The fourth-order valence-corrected chi connectivity index (χ4v) is 6.31. The molecule has 0 fully saturated rings. The van der Waals surface area contributed by atoms with Crippen LogP contribution in [0.2, 0.25) is 0 Å². The number of rotatable bonds is 10. The zero-order chi connectivity index (χ0) is 24.9. The SMILES string of the molecule is C=CCN(CC=C)S(=O)(=O)c1ccc(C(=O)N=c2sc3cc(C)cc(C)c3n2CCOC)cc1. The molecular weight excluding hydrogens is 470 g/mol. The lowest BCUT2D eigenvalue weighted by atomic mass is 10.1. The molecule has 1 aromatic heterocycles. The van der Waals surface area contributed by atoms with Crippen molar-refractivity contribution in [3.05, 3.63) is 83.2 Å². The Morgan fingerprint density at radius 2 is 1.79 bits per heavy atom. The molecule has 1 heterocycles. The molecule has 3 aromatic rings. The number of aryl methyl sites for hydroxylation is 2. The van der Waals surface area contributed by atoms with Gasteiger partial charge in [0, 0.05) is 32.3 Å². The highest BCUT2D eigenvalue weighted by Gasteiger charge is 2.22. The summed E-state index contributed by atoms with van der Waals surface area (Å²) in [4.78, 5) is 18.0. The number of sulfonamides is 1. The molecule has 3 rings (SSSR count). The molecule has 0 aliphatic rings. The topological polar surface area (TPSA) is 81.0 Å². The molecule has 0 bridgehead atoms. The number of aromatic nitrogens is 1. The van der Waals surface area contributed by atoms with Crippen LogP contribution in [0.25, 0.3) is 10.2 Å². The van der Waals surface area contributed by atoms with E-state index in [-0.39, 0.29) is 18.0 Å². The Kier molecular flexibility index (Phi) is 8.37. The molecule has 34 heavy (non-hydrogen) atoms. The standard InChI is InChI=1S/C25H29N3O4S2/c1-6-12-27(13-7-2)34(30,31)21-10-8-20(9-11-21)24(29)26-25-28(14-15-32-5)23-19(4)16-18(3)17-22(23)33-25/h6-11,16-17H,1-2,12-15H2,3-5H3. The van der Waals surface area contributed by atoms with Crippen LogP contribution in [0, 0.1) is 13.8 Å². The fourth-order valence-electron chi connectivity index (χ4n) is 3.70. The largest absolute Gasteiger partial charge is 0.383 e. The summed E-state index contributed by atoms with van der Waals surface area (Å²) >= 11 is 1.45. The van der Waals surface area contributed by atoms with Gasteiger partial charge in [-0.3, -0.25) is 4.79 Å². The number of benzene rings is 2. The lowest BCUT2D eigenvalue weighted by Gasteiger charge is -2.19. The molecule has 180 valence electrons. The van der Waals surface area contributed by atoms with E-state index in [2.05, 4.69) is 30.3 Å². The van der Waals surface area contributed by atoms with E-state index in [1.165, 1.54) is 52.1 Å². The molecule has 7 nitrogen and oxygen atoms in total. The minimum Gasteiger partial charge on any atom is -0.383 e. The normalized spacial score (nSPS) is 12.4. The maximum Gasteiger partial charge on any atom is 0.279 e. The molecule has 0 unspecified atom stereocenters. The molecule has 1 amide bonds. The van der Waals surface area contributed by atoms with Gasteiger partial charge in [0.15, 0.2) is 4.80 Å². The zero-order valence-electron chi connectivity index (χ0n) is 19.7. The summed E-state index contributed by atoms with van der Waals surface area (Å²) in [6.45, 7) is 12.7. The third-order valence-corrected chi connectivity index (χ3v) is 8.10. The van der Waals surface area contributed by atoms with Crippen molar-refractivity contribution in [3.8, 4) is 0 Å². The molecule has 0 aliphatic heterocycles. The maximum atomic E-state index is 13.0. The first kappa shape index (κ1) is 25.8. The molecule has 9 heteroatoms. The average molecular weight is 500 g/mol. The Balaban J connectivity index is 1.99. The number of ether oxygens (including phenoxy) is 1. The van der Waals surface area contributed by atoms with Gasteiger partial charge in [0.2, 0.25) is 10.0 Å². The summed E-state index contributed by atoms with van der Waals surface area (Å²) < 4.78 is 35.4. The van der Waals surface area contributed by atoms with Crippen LogP contribution in [0.5, 0.6) is 0 Å². The molecule has 0 saturated heterocycles. The minimum absolute atomic E-state index is 0.0934. The van der Waals surface area contributed by atoms with Crippen LogP contribution in [0.4, 0.5) is 0 Å². The van der Waals surface area contributed by atoms with Gasteiger partial charge in [-0.1, -0.05) is 29.6 Å². The highest BCUT2D eigenvalue weighted by atomic mass is 32.2. The fraction of sp³-hybridized carbons (Fsp3) is 0.280. The summed E-state index contributed by atoms with van der Waals surface area (Å²) in [6, 6.07) is 10.0. The van der Waals surface area contributed by atoms with E-state index in [0.717, 1.165) is 21.3 Å². The Bertz CT molecular complexity index is 1370.